The Labute approximate surface area is 66.3 Å². The molecule has 11 heavy (non-hydrogen) atoms. The molecule has 0 unspecified atom stereocenters. The number of carboxylic acids is 1. The number of carbonyl (C=O) groups excluding carboxylic acids is 1. The molecule has 0 atom stereocenters. The van der Waals surface area contributed by atoms with Gasteiger partial charge in [-0.1, -0.05) is 0 Å². The van der Waals surface area contributed by atoms with E-state index in [1.807, 2.05) is 19.6 Å². The van der Waals surface area contributed by atoms with Gasteiger partial charge in [0.15, 0.2) is 0 Å². The average molecular weight is 176 g/mol. The monoisotopic (exact) mass is 176 g/mol. The van der Waals surface area contributed by atoms with Crippen LogP contribution in [0, 0.1) is 0 Å². The van der Waals surface area contributed by atoms with Gasteiger partial charge in [-0.15, -0.1) is 0 Å². The lowest BCUT2D eigenvalue weighted by atomic mass is 10.5. The summed E-state index contributed by atoms with van der Waals surface area (Å²) in [5.41, 5.74) is 0. The minimum atomic E-state index is -1.90. The molecule has 0 saturated carbocycles. The van der Waals surface area contributed by atoms with Gasteiger partial charge >= 0.3 is 11.9 Å². The average Bonchev–Trinajstić information content (AvgIpc) is 1.53. The number of carbonyl (C=O) groups is 2. The third-order valence-electron chi connectivity index (χ3n) is 0.716. The maximum absolute atomic E-state index is 10.7. The molecule has 1 N–H and O–H groups in total. The summed E-state index contributed by atoms with van der Waals surface area (Å²) in [5.74, 6) is -1.79. The lowest BCUT2D eigenvalue weighted by Gasteiger charge is -2.15. The zero-order valence-electron chi connectivity index (χ0n) is 6.88. The van der Waals surface area contributed by atoms with E-state index in [0.29, 0.717) is 0 Å². The highest BCUT2D eigenvalue weighted by molar-refractivity contribution is 6.71. The summed E-state index contributed by atoms with van der Waals surface area (Å²) in [6.07, 6.45) is -0.537. The van der Waals surface area contributed by atoms with E-state index in [4.69, 9.17) is 9.53 Å². The third-order valence-corrected chi connectivity index (χ3v) is 1.56. The maximum Gasteiger partial charge on any atom is 0.314 e. The van der Waals surface area contributed by atoms with E-state index in [-0.39, 0.29) is 0 Å². The lowest BCUT2D eigenvalue weighted by molar-refractivity contribution is -0.146. The third kappa shape index (κ3) is 7.05. The first kappa shape index (κ1) is 10.2. The van der Waals surface area contributed by atoms with Crippen molar-refractivity contribution in [2.24, 2.45) is 0 Å². The molecule has 0 amide bonds. The molecule has 4 nitrogen and oxygen atoms in total. The van der Waals surface area contributed by atoms with E-state index in [2.05, 4.69) is 0 Å². The van der Waals surface area contributed by atoms with Crippen molar-refractivity contribution in [3.63, 3.8) is 0 Å². The van der Waals surface area contributed by atoms with Crippen LogP contribution in [0.25, 0.3) is 0 Å². The first-order chi connectivity index (χ1) is 4.81. The molecule has 0 aliphatic carbocycles. The lowest BCUT2D eigenvalue weighted by Crippen LogP contribution is -2.30. The summed E-state index contributed by atoms with van der Waals surface area (Å²) in [6, 6.07) is 0. The van der Waals surface area contributed by atoms with Crippen LogP contribution in [-0.4, -0.2) is 25.4 Å². The quantitative estimate of drug-likeness (QED) is 0.511. The zero-order chi connectivity index (χ0) is 9.07. The molecule has 0 aromatic heterocycles. The van der Waals surface area contributed by atoms with Gasteiger partial charge in [-0.05, 0) is 19.6 Å². The van der Waals surface area contributed by atoms with Crippen LogP contribution in [0.4, 0.5) is 0 Å². The van der Waals surface area contributed by atoms with Gasteiger partial charge in [0, 0.05) is 0 Å². The Balaban J connectivity index is 3.80. The number of carboxylic acid groups (broad SMARTS) is 1. The summed E-state index contributed by atoms with van der Waals surface area (Å²) in [4.78, 5) is 20.7. The van der Waals surface area contributed by atoms with E-state index < -0.39 is 26.7 Å². The molecule has 0 saturated heterocycles. The Morgan fingerprint density at radius 3 is 2.09 bits per heavy atom. The summed E-state index contributed by atoms with van der Waals surface area (Å²) in [6.45, 7) is 5.48. The van der Waals surface area contributed by atoms with Crippen LogP contribution in [0.3, 0.4) is 0 Å². The van der Waals surface area contributed by atoms with Crippen molar-refractivity contribution in [1.29, 1.82) is 0 Å². The second-order valence-corrected chi connectivity index (χ2v) is 7.59. The molecule has 0 fully saturated rings. The van der Waals surface area contributed by atoms with Gasteiger partial charge in [0.1, 0.15) is 6.42 Å². The van der Waals surface area contributed by atoms with Crippen LogP contribution >= 0.6 is 0 Å². The molecule has 0 aromatic rings. The zero-order valence-corrected chi connectivity index (χ0v) is 7.88. The normalized spacial score (nSPS) is 10.8. The molecule has 0 aliphatic rings. The minimum Gasteiger partial charge on any atom is -0.519 e. The van der Waals surface area contributed by atoms with Crippen LogP contribution in [-0.2, 0) is 14.0 Å². The number of hydrogen-bond acceptors (Lipinski definition) is 3. The van der Waals surface area contributed by atoms with Crippen LogP contribution in [0.1, 0.15) is 6.42 Å². The van der Waals surface area contributed by atoms with Gasteiger partial charge in [0.25, 0.3) is 0 Å². The predicted octanol–water partition coefficient (Wildman–Crippen LogP) is 0.839. The molecule has 0 aromatic carbocycles. The van der Waals surface area contributed by atoms with Crippen molar-refractivity contribution < 1.29 is 19.1 Å². The van der Waals surface area contributed by atoms with Crippen LogP contribution in [0.15, 0.2) is 0 Å². The van der Waals surface area contributed by atoms with E-state index >= 15 is 0 Å². The van der Waals surface area contributed by atoms with Gasteiger partial charge < -0.3 is 9.53 Å². The van der Waals surface area contributed by atoms with Gasteiger partial charge in [0.05, 0.1) is 0 Å². The highest BCUT2D eigenvalue weighted by atomic mass is 28.4. The summed E-state index contributed by atoms with van der Waals surface area (Å²) < 4.78 is 4.87. The highest BCUT2D eigenvalue weighted by Gasteiger charge is 2.21. The number of rotatable bonds is 3. The topological polar surface area (TPSA) is 63.6 Å². The first-order valence-electron chi connectivity index (χ1n) is 3.25. The Morgan fingerprint density at radius 1 is 1.36 bits per heavy atom. The van der Waals surface area contributed by atoms with Crippen LogP contribution in [0.2, 0.25) is 19.6 Å². The number of aliphatic carboxylic acids is 1. The molecule has 64 valence electrons. The second kappa shape index (κ2) is 3.52. The van der Waals surface area contributed by atoms with Crippen molar-refractivity contribution in [1.82, 2.24) is 0 Å². The Morgan fingerprint density at radius 2 is 1.82 bits per heavy atom. The fourth-order valence-corrected chi connectivity index (χ4v) is 1.26. The fourth-order valence-electron chi connectivity index (χ4n) is 0.501. The van der Waals surface area contributed by atoms with E-state index in [1.165, 1.54) is 0 Å². The second-order valence-electron chi connectivity index (χ2n) is 3.16. The standard InChI is InChI=1S/C6H12O4Si/c1-11(2,3)10-6(9)4-5(7)8/h4H2,1-3H3,(H,7,8). The SMILES string of the molecule is C[Si](C)(C)OC(=O)CC(=O)O. The first-order valence-corrected chi connectivity index (χ1v) is 6.66. The molecule has 0 rings (SSSR count). The van der Waals surface area contributed by atoms with Gasteiger partial charge in [0.2, 0.25) is 8.32 Å². The molecule has 0 spiro atoms. The van der Waals surface area contributed by atoms with Crippen molar-refractivity contribution in [3.8, 4) is 0 Å². The van der Waals surface area contributed by atoms with Crippen LogP contribution in [0.5, 0.6) is 0 Å². The highest BCUT2D eigenvalue weighted by Crippen LogP contribution is 2.03. The summed E-state index contributed by atoms with van der Waals surface area (Å²) in [5, 5.41) is 8.20. The van der Waals surface area contributed by atoms with Gasteiger partial charge in [-0.2, -0.15) is 0 Å². The maximum atomic E-state index is 10.7. The molecule has 0 heterocycles. The fraction of sp³-hybridized carbons (Fsp3) is 0.667. The van der Waals surface area contributed by atoms with E-state index in [1.54, 1.807) is 0 Å². The minimum absolute atomic E-state index is 0.537. The summed E-state index contributed by atoms with van der Waals surface area (Å²) >= 11 is 0. The van der Waals surface area contributed by atoms with Crippen molar-refractivity contribution >= 4 is 20.3 Å². The van der Waals surface area contributed by atoms with Crippen LogP contribution < -0.4 is 0 Å². The van der Waals surface area contributed by atoms with Gasteiger partial charge in [-0.25, -0.2) is 0 Å². The molecule has 5 heteroatoms. The predicted molar refractivity (Wildman–Crippen MR) is 41.7 cm³/mol. The molecular formula is C6H12O4Si. The number of hydrogen-bond donors (Lipinski definition) is 1. The molecule has 0 radical (unpaired) electrons. The van der Waals surface area contributed by atoms with Crippen molar-refractivity contribution in [3.05, 3.63) is 0 Å². The van der Waals surface area contributed by atoms with Crippen molar-refractivity contribution in [2.75, 3.05) is 0 Å². The van der Waals surface area contributed by atoms with E-state index in [9.17, 15) is 9.59 Å². The molecule has 0 aliphatic heterocycles. The molecule has 0 bridgehead atoms. The Bertz CT molecular complexity index is 170. The summed E-state index contributed by atoms with van der Waals surface area (Å²) in [7, 11) is -1.90. The smallest absolute Gasteiger partial charge is 0.314 e. The Hall–Kier alpha value is -0.843. The largest absolute Gasteiger partial charge is 0.519 e. The van der Waals surface area contributed by atoms with E-state index in [0.717, 1.165) is 0 Å². The van der Waals surface area contributed by atoms with Crippen molar-refractivity contribution in [2.45, 2.75) is 26.1 Å². The molecular weight excluding hydrogens is 164 g/mol. The Kier molecular flexibility index (Phi) is 3.25. The van der Waals surface area contributed by atoms with Gasteiger partial charge in [-0.3, -0.25) is 9.59 Å².